The van der Waals surface area contributed by atoms with E-state index in [0.29, 0.717) is 25.2 Å². The van der Waals surface area contributed by atoms with Crippen LogP contribution in [0.25, 0.3) is 0 Å². The first kappa shape index (κ1) is 13.6. The van der Waals surface area contributed by atoms with Crippen LogP contribution in [-0.2, 0) is 11.2 Å². The van der Waals surface area contributed by atoms with Crippen molar-refractivity contribution in [3.8, 4) is 0 Å². The Balaban J connectivity index is 2.65. The van der Waals surface area contributed by atoms with Crippen LogP contribution in [0.4, 0.5) is 4.39 Å². The van der Waals surface area contributed by atoms with Crippen LogP contribution in [0.15, 0.2) is 22.7 Å². The zero-order valence-corrected chi connectivity index (χ0v) is 11.2. The monoisotopic (exact) mass is 289 g/mol. The number of ether oxygens (including phenoxy) is 1. The summed E-state index contributed by atoms with van der Waals surface area (Å²) in [7, 11) is 1.86. The highest BCUT2D eigenvalue weighted by molar-refractivity contribution is 9.10. The van der Waals surface area contributed by atoms with Gasteiger partial charge in [-0.3, -0.25) is 0 Å². The molecule has 0 aliphatic rings. The molecule has 0 amide bonds. The van der Waals surface area contributed by atoms with Crippen molar-refractivity contribution in [2.45, 2.75) is 19.4 Å². The van der Waals surface area contributed by atoms with Gasteiger partial charge in [0.2, 0.25) is 0 Å². The third-order valence-electron chi connectivity index (χ3n) is 2.41. The molecule has 0 aliphatic carbocycles. The largest absolute Gasteiger partial charge is 0.380 e. The molecule has 1 atom stereocenters. The first-order valence-electron chi connectivity index (χ1n) is 5.36. The van der Waals surface area contributed by atoms with E-state index in [1.54, 1.807) is 6.07 Å². The summed E-state index contributed by atoms with van der Waals surface area (Å²) in [4.78, 5) is 0. The Kier molecular flexibility index (Phi) is 5.95. The number of hydrogen-bond acceptors (Lipinski definition) is 2. The van der Waals surface area contributed by atoms with Crippen molar-refractivity contribution in [1.29, 1.82) is 0 Å². The zero-order valence-electron chi connectivity index (χ0n) is 9.59. The molecule has 0 aliphatic heterocycles. The van der Waals surface area contributed by atoms with Crippen LogP contribution in [-0.4, -0.2) is 26.3 Å². The Hall–Kier alpha value is -0.450. The number of nitrogens with one attached hydrogen (secondary N) is 1. The molecule has 1 unspecified atom stereocenters. The molecular weight excluding hydrogens is 273 g/mol. The average Bonchev–Trinajstić information content (AvgIpc) is 2.28. The van der Waals surface area contributed by atoms with Gasteiger partial charge in [0.15, 0.2) is 0 Å². The first-order chi connectivity index (χ1) is 7.67. The molecule has 4 heteroatoms. The van der Waals surface area contributed by atoms with Gasteiger partial charge < -0.3 is 10.1 Å². The number of benzene rings is 1. The van der Waals surface area contributed by atoms with Crippen molar-refractivity contribution in [2.75, 3.05) is 20.3 Å². The van der Waals surface area contributed by atoms with Crippen molar-refractivity contribution < 1.29 is 9.13 Å². The Bertz CT molecular complexity index is 333. The highest BCUT2D eigenvalue weighted by Gasteiger charge is 2.11. The van der Waals surface area contributed by atoms with Crippen LogP contribution in [0.5, 0.6) is 0 Å². The Morgan fingerprint density at radius 3 is 2.88 bits per heavy atom. The number of likely N-dealkylation sites (N-methyl/N-ethyl adjacent to an activating group) is 1. The summed E-state index contributed by atoms with van der Waals surface area (Å²) in [6.07, 6.45) is 0.627. The van der Waals surface area contributed by atoms with Gasteiger partial charge in [-0.05, 0) is 44.2 Å². The van der Waals surface area contributed by atoms with Crippen LogP contribution in [0, 0.1) is 5.82 Å². The fourth-order valence-electron chi connectivity index (χ4n) is 1.47. The van der Waals surface area contributed by atoms with E-state index in [2.05, 4.69) is 21.2 Å². The molecular formula is C12H17BrFNO. The minimum absolute atomic E-state index is 0.142. The second-order valence-electron chi connectivity index (χ2n) is 3.58. The van der Waals surface area contributed by atoms with Gasteiger partial charge in [0.25, 0.3) is 0 Å². The third-order valence-corrected chi connectivity index (χ3v) is 2.90. The molecule has 0 spiro atoms. The van der Waals surface area contributed by atoms with Gasteiger partial charge >= 0.3 is 0 Å². The lowest BCUT2D eigenvalue weighted by atomic mass is 10.1. The Morgan fingerprint density at radius 2 is 2.25 bits per heavy atom. The van der Waals surface area contributed by atoms with E-state index < -0.39 is 0 Å². The molecule has 0 aromatic heterocycles. The molecule has 90 valence electrons. The highest BCUT2D eigenvalue weighted by atomic mass is 79.9. The zero-order chi connectivity index (χ0) is 12.0. The van der Waals surface area contributed by atoms with Crippen LogP contribution >= 0.6 is 15.9 Å². The van der Waals surface area contributed by atoms with Crippen molar-refractivity contribution in [3.63, 3.8) is 0 Å². The second-order valence-corrected chi connectivity index (χ2v) is 4.50. The summed E-state index contributed by atoms with van der Waals surface area (Å²) in [6, 6.07) is 5.14. The molecule has 1 aromatic rings. The maximum atomic E-state index is 13.5. The predicted molar refractivity (Wildman–Crippen MR) is 67.1 cm³/mol. The van der Waals surface area contributed by atoms with Gasteiger partial charge in [-0.1, -0.05) is 15.9 Å². The number of rotatable bonds is 6. The summed E-state index contributed by atoms with van der Waals surface area (Å²) in [5, 5.41) is 3.13. The minimum atomic E-state index is -0.167. The summed E-state index contributed by atoms with van der Waals surface area (Å²) < 4.78 is 19.7. The molecule has 0 heterocycles. The second kappa shape index (κ2) is 6.99. The molecule has 0 fully saturated rings. The standard InChI is InChI=1S/C12H17BrFNO/c1-3-16-8-11(15-2)7-9-6-10(13)4-5-12(9)14/h4-6,11,15H,3,7-8H2,1-2H3. The van der Waals surface area contributed by atoms with E-state index in [1.807, 2.05) is 20.0 Å². The fraction of sp³-hybridized carbons (Fsp3) is 0.500. The lowest BCUT2D eigenvalue weighted by molar-refractivity contribution is 0.125. The first-order valence-corrected chi connectivity index (χ1v) is 6.15. The van der Waals surface area contributed by atoms with Crippen LogP contribution in [0.1, 0.15) is 12.5 Å². The molecule has 1 aromatic carbocycles. The molecule has 2 nitrogen and oxygen atoms in total. The van der Waals surface area contributed by atoms with Gasteiger partial charge in [0.05, 0.1) is 6.61 Å². The molecule has 0 saturated carbocycles. The average molecular weight is 290 g/mol. The van der Waals surface area contributed by atoms with E-state index in [0.717, 1.165) is 4.47 Å². The third kappa shape index (κ3) is 4.20. The van der Waals surface area contributed by atoms with Gasteiger partial charge in [-0.2, -0.15) is 0 Å². The summed E-state index contributed by atoms with van der Waals surface area (Å²) in [5.74, 6) is -0.167. The lowest BCUT2D eigenvalue weighted by Gasteiger charge is -2.16. The Labute approximate surface area is 104 Å². The van der Waals surface area contributed by atoms with Crippen molar-refractivity contribution >= 4 is 15.9 Å². The van der Waals surface area contributed by atoms with E-state index >= 15 is 0 Å². The van der Waals surface area contributed by atoms with E-state index in [1.165, 1.54) is 6.07 Å². The molecule has 1 rings (SSSR count). The molecule has 0 bridgehead atoms. The van der Waals surface area contributed by atoms with Crippen LogP contribution in [0.3, 0.4) is 0 Å². The van der Waals surface area contributed by atoms with Crippen LogP contribution in [0.2, 0.25) is 0 Å². The molecule has 16 heavy (non-hydrogen) atoms. The molecule has 0 radical (unpaired) electrons. The lowest BCUT2D eigenvalue weighted by Crippen LogP contribution is -2.32. The maximum Gasteiger partial charge on any atom is 0.126 e. The van der Waals surface area contributed by atoms with Gasteiger partial charge in [0, 0.05) is 17.1 Å². The summed E-state index contributed by atoms with van der Waals surface area (Å²) >= 11 is 3.34. The Morgan fingerprint density at radius 1 is 1.50 bits per heavy atom. The SMILES string of the molecule is CCOCC(Cc1cc(Br)ccc1F)NC. The van der Waals surface area contributed by atoms with E-state index in [4.69, 9.17) is 4.74 Å². The summed E-state index contributed by atoms with van der Waals surface area (Å²) in [5.41, 5.74) is 0.702. The molecule has 1 N–H and O–H groups in total. The van der Waals surface area contributed by atoms with Gasteiger partial charge in [0.1, 0.15) is 5.82 Å². The number of halogens is 2. The van der Waals surface area contributed by atoms with Crippen molar-refractivity contribution in [3.05, 3.63) is 34.1 Å². The maximum absolute atomic E-state index is 13.5. The molecule has 0 saturated heterocycles. The quantitative estimate of drug-likeness (QED) is 0.870. The highest BCUT2D eigenvalue weighted by Crippen LogP contribution is 2.17. The number of hydrogen-bond donors (Lipinski definition) is 1. The van der Waals surface area contributed by atoms with Crippen molar-refractivity contribution in [2.24, 2.45) is 0 Å². The topological polar surface area (TPSA) is 21.3 Å². The normalized spacial score (nSPS) is 12.8. The minimum Gasteiger partial charge on any atom is -0.380 e. The predicted octanol–water partition coefficient (Wildman–Crippen LogP) is 2.76. The van der Waals surface area contributed by atoms with Gasteiger partial charge in [-0.25, -0.2) is 4.39 Å². The van der Waals surface area contributed by atoms with E-state index in [-0.39, 0.29) is 11.9 Å². The van der Waals surface area contributed by atoms with Crippen molar-refractivity contribution in [1.82, 2.24) is 5.32 Å². The smallest absolute Gasteiger partial charge is 0.126 e. The van der Waals surface area contributed by atoms with E-state index in [9.17, 15) is 4.39 Å². The summed E-state index contributed by atoms with van der Waals surface area (Å²) in [6.45, 7) is 3.23. The van der Waals surface area contributed by atoms with Crippen LogP contribution < -0.4 is 5.32 Å². The fourth-order valence-corrected chi connectivity index (χ4v) is 1.88. The van der Waals surface area contributed by atoms with Gasteiger partial charge in [-0.15, -0.1) is 0 Å².